The van der Waals surface area contributed by atoms with Gasteiger partial charge in [-0.1, -0.05) is 23.9 Å². The van der Waals surface area contributed by atoms with Crippen LogP contribution >= 0.6 is 11.8 Å². The van der Waals surface area contributed by atoms with Gasteiger partial charge in [-0.3, -0.25) is 4.99 Å². The Labute approximate surface area is 168 Å². The molecule has 2 aliphatic rings. The zero-order valence-electron chi connectivity index (χ0n) is 16.1. The van der Waals surface area contributed by atoms with E-state index in [1.54, 1.807) is 7.11 Å². The van der Waals surface area contributed by atoms with Gasteiger partial charge in [0, 0.05) is 29.4 Å². The number of methoxy groups -OCH3 is 1. The number of hydrogen-bond donors (Lipinski definition) is 1. The number of aliphatic hydroxyl groups excluding tert-OH is 1. The van der Waals surface area contributed by atoms with Gasteiger partial charge in [-0.25, -0.2) is 9.97 Å². The van der Waals surface area contributed by atoms with Gasteiger partial charge in [-0.2, -0.15) is 0 Å². The van der Waals surface area contributed by atoms with E-state index in [0.717, 1.165) is 27.6 Å². The number of benzene rings is 1. The molecular formula is C21H23N3O3S. The fourth-order valence-corrected chi connectivity index (χ4v) is 4.12. The van der Waals surface area contributed by atoms with Gasteiger partial charge >= 0.3 is 0 Å². The van der Waals surface area contributed by atoms with E-state index in [1.807, 2.05) is 49.9 Å². The van der Waals surface area contributed by atoms with Crippen molar-refractivity contribution in [1.82, 2.24) is 9.97 Å². The van der Waals surface area contributed by atoms with Crippen LogP contribution in [0.15, 0.2) is 46.8 Å². The van der Waals surface area contributed by atoms with Gasteiger partial charge in [-0.05, 0) is 37.3 Å². The van der Waals surface area contributed by atoms with Gasteiger partial charge < -0.3 is 14.6 Å². The van der Waals surface area contributed by atoms with E-state index >= 15 is 0 Å². The Bertz CT molecular complexity index is 927. The largest absolute Gasteiger partial charge is 0.493 e. The molecule has 0 saturated carbocycles. The molecule has 6 nitrogen and oxygen atoms in total. The van der Waals surface area contributed by atoms with Gasteiger partial charge in [0.25, 0.3) is 0 Å². The van der Waals surface area contributed by atoms with E-state index < -0.39 is 6.10 Å². The van der Waals surface area contributed by atoms with Crippen LogP contribution < -0.4 is 9.47 Å². The summed E-state index contributed by atoms with van der Waals surface area (Å²) in [6, 6.07) is 3.98. The quantitative estimate of drug-likeness (QED) is 0.474. The zero-order valence-corrected chi connectivity index (χ0v) is 16.9. The number of hydrogen-bond acceptors (Lipinski definition) is 7. The number of rotatable bonds is 5. The molecule has 1 N–H and O–H groups in total. The molecule has 1 aromatic heterocycles. The van der Waals surface area contributed by atoms with E-state index in [4.69, 9.17) is 14.5 Å². The minimum absolute atomic E-state index is 0.0333. The van der Waals surface area contributed by atoms with Crippen LogP contribution in [0.4, 0.5) is 0 Å². The van der Waals surface area contributed by atoms with E-state index in [9.17, 15) is 5.11 Å². The van der Waals surface area contributed by atoms with Crippen molar-refractivity contribution >= 4 is 17.5 Å². The Balaban J connectivity index is 1.88. The predicted molar refractivity (Wildman–Crippen MR) is 110 cm³/mol. The van der Waals surface area contributed by atoms with Gasteiger partial charge in [0.2, 0.25) is 0 Å². The summed E-state index contributed by atoms with van der Waals surface area (Å²) in [4.78, 5) is 13.8. The van der Waals surface area contributed by atoms with E-state index in [2.05, 4.69) is 9.97 Å². The SMILES string of the molecule is CCOc1cc2c(cc1OC)C(c1cnc(SC)nc1)=N[C@@H]1C=C[C@H](O)C[C@H]21. The van der Waals surface area contributed by atoms with Gasteiger partial charge in [0.15, 0.2) is 16.7 Å². The Morgan fingerprint density at radius 1 is 1.18 bits per heavy atom. The summed E-state index contributed by atoms with van der Waals surface area (Å²) in [5.74, 6) is 1.47. The second kappa shape index (κ2) is 7.93. The Morgan fingerprint density at radius 2 is 1.96 bits per heavy atom. The van der Waals surface area contributed by atoms with Crippen LogP contribution in [0.5, 0.6) is 11.5 Å². The van der Waals surface area contributed by atoms with Crippen LogP contribution in [-0.2, 0) is 0 Å². The second-order valence-corrected chi connectivity index (χ2v) is 7.52. The minimum atomic E-state index is -0.465. The summed E-state index contributed by atoms with van der Waals surface area (Å²) in [5.41, 5.74) is 3.79. The molecule has 0 bridgehead atoms. The molecular weight excluding hydrogens is 374 g/mol. The molecule has 1 aliphatic heterocycles. The molecule has 28 heavy (non-hydrogen) atoms. The second-order valence-electron chi connectivity index (χ2n) is 6.74. The van der Waals surface area contributed by atoms with Crippen molar-refractivity contribution in [3.05, 3.63) is 53.4 Å². The van der Waals surface area contributed by atoms with Crippen LogP contribution in [0.3, 0.4) is 0 Å². The van der Waals surface area contributed by atoms with Crippen LogP contribution in [0.25, 0.3) is 0 Å². The Morgan fingerprint density at radius 3 is 2.64 bits per heavy atom. The van der Waals surface area contributed by atoms with Crippen LogP contribution in [-0.4, -0.2) is 52.9 Å². The average Bonchev–Trinajstić information content (AvgIpc) is 2.73. The molecule has 0 radical (unpaired) electrons. The first-order valence-corrected chi connectivity index (χ1v) is 10.5. The van der Waals surface area contributed by atoms with Crippen molar-refractivity contribution in [2.45, 2.75) is 36.6 Å². The van der Waals surface area contributed by atoms with Crippen molar-refractivity contribution in [1.29, 1.82) is 0 Å². The van der Waals surface area contributed by atoms with Crippen molar-refractivity contribution in [2.24, 2.45) is 4.99 Å². The maximum absolute atomic E-state index is 10.2. The van der Waals surface area contributed by atoms with Crippen molar-refractivity contribution in [3.63, 3.8) is 0 Å². The zero-order chi connectivity index (χ0) is 19.7. The summed E-state index contributed by atoms with van der Waals surface area (Å²) in [6.45, 7) is 2.50. The third-order valence-electron chi connectivity index (χ3n) is 5.09. The van der Waals surface area contributed by atoms with Crippen LogP contribution in [0.1, 0.15) is 36.0 Å². The Kier molecular flexibility index (Phi) is 5.37. The number of aliphatic hydroxyl groups is 1. The summed E-state index contributed by atoms with van der Waals surface area (Å²) in [6.07, 6.45) is 9.55. The number of ether oxygens (including phenoxy) is 2. The maximum atomic E-state index is 10.2. The molecule has 2 aromatic rings. The van der Waals surface area contributed by atoms with Gasteiger partial charge in [0.1, 0.15) is 0 Å². The topological polar surface area (TPSA) is 76.8 Å². The van der Waals surface area contributed by atoms with Crippen LogP contribution in [0.2, 0.25) is 0 Å². The monoisotopic (exact) mass is 397 g/mol. The molecule has 0 saturated heterocycles. The van der Waals surface area contributed by atoms with Crippen LogP contribution in [0, 0.1) is 0 Å². The number of aliphatic imine (C=N–C) groups is 1. The molecule has 146 valence electrons. The van der Waals surface area contributed by atoms with E-state index in [1.165, 1.54) is 11.8 Å². The number of thioether (sulfide) groups is 1. The van der Waals surface area contributed by atoms with Gasteiger partial charge in [-0.15, -0.1) is 0 Å². The molecule has 1 aromatic carbocycles. The molecule has 3 atom stereocenters. The summed E-state index contributed by atoms with van der Waals surface area (Å²) >= 11 is 1.50. The third kappa shape index (κ3) is 3.40. The lowest BCUT2D eigenvalue weighted by molar-refractivity contribution is 0.190. The van der Waals surface area contributed by atoms with E-state index in [-0.39, 0.29) is 12.0 Å². The summed E-state index contributed by atoms with van der Waals surface area (Å²) < 4.78 is 11.4. The highest BCUT2D eigenvalue weighted by Gasteiger charge is 2.35. The number of nitrogens with zero attached hydrogens (tertiary/aromatic N) is 3. The first-order valence-electron chi connectivity index (χ1n) is 9.30. The van der Waals surface area contributed by atoms with Gasteiger partial charge in [0.05, 0.1) is 31.6 Å². The summed E-state index contributed by atoms with van der Waals surface area (Å²) in [7, 11) is 1.64. The highest BCUT2D eigenvalue weighted by atomic mass is 32.2. The normalized spacial score (nSPS) is 22.9. The first kappa shape index (κ1) is 19.0. The minimum Gasteiger partial charge on any atom is -0.493 e. The smallest absolute Gasteiger partial charge is 0.187 e. The molecule has 2 heterocycles. The molecule has 0 amide bonds. The molecule has 4 rings (SSSR count). The van der Waals surface area contributed by atoms with Crippen molar-refractivity contribution < 1.29 is 14.6 Å². The number of aromatic nitrogens is 2. The molecule has 1 aliphatic carbocycles. The molecule has 7 heteroatoms. The highest BCUT2D eigenvalue weighted by molar-refractivity contribution is 7.98. The first-order chi connectivity index (χ1) is 13.6. The van der Waals surface area contributed by atoms with Crippen molar-refractivity contribution in [2.75, 3.05) is 20.0 Å². The average molecular weight is 398 g/mol. The lowest BCUT2D eigenvalue weighted by Gasteiger charge is -2.34. The third-order valence-corrected chi connectivity index (χ3v) is 5.67. The number of fused-ring (bicyclic) bond motifs is 3. The molecule has 0 fully saturated rings. The lowest BCUT2D eigenvalue weighted by atomic mass is 9.77. The standard InChI is InChI=1S/C21H23N3O3S/c1-4-27-19-8-14-15-7-13(25)5-6-17(15)24-20(16(14)9-18(19)26-2)12-10-22-21(28-3)23-11-12/h5-6,8-11,13,15,17,25H,4,7H2,1-3H3/t13-,15+,17+/m0/s1. The molecule has 0 spiro atoms. The fraction of sp³-hybridized carbons (Fsp3) is 0.381. The van der Waals surface area contributed by atoms with E-state index in [0.29, 0.717) is 24.5 Å². The van der Waals surface area contributed by atoms with Crippen molar-refractivity contribution in [3.8, 4) is 11.5 Å². The molecule has 0 unspecified atom stereocenters. The maximum Gasteiger partial charge on any atom is 0.187 e. The lowest BCUT2D eigenvalue weighted by Crippen LogP contribution is -2.31. The highest BCUT2D eigenvalue weighted by Crippen LogP contribution is 2.43. The Hall–Kier alpha value is -2.38. The summed E-state index contributed by atoms with van der Waals surface area (Å²) in [5, 5.41) is 10.9. The predicted octanol–water partition coefficient (Wildman–Crippen LogP) is 3.23. The fourth-order valence-electron chi connectivity index (χ4n) is 3.81.